The van der Waals surface area contributed by atoms with Gasteiger partial charge < -0.3 is 10.6 Å². The van der Waals surface area contributed by atoms with Crippen molar-refractivity contribution in [1.82, 2.24) is 10.6 Å². The molecule has 1 aliphatic heterocycles. The van der Waals surface area contributed by atoms with Crippen LogP contribution in [-0.2, 0) is 0 Å². The van der Waals surface area contributed by atoms with Crippen LogP contribution < -0.4 is 10.6 Å². The number of rotatable bonds is 4. The number of benzene rings is 1. The van der Waals surface area contributed by atoms with E-state index in [9.17, 15) is 14.0 Å². The third kappa shape index (κ3) is 3.76. The molecule has 1 aromatic carbocycles. The van der Waals surface area contributed by atoms with Crippen molar-refractivity contribution in [3.05, 3.63) is 46.8 Å². The summed E-state index contributed by atoms with van der Waals surface area (Å²) in [4.78, 5) is 22.9. The molecular weight excluding hydrogens is 271 g/mol. The minimum absolute atomic E-state index is 0.133. The standard InChI is InChI=1S/C16H19FN2O2/c1-11-8-18-7-6-13(11)15(17)9-19-16(21)14-5-3-2-4-12(14)10-20/h2-5,10-11,18H,6-9H2,1H3,(H,19,21)/b15-13+. The summed E-state index contributed by atoms with van der Waals surface area (Å²) in [5.41, 5.74) is 1.33. The molecule has 0 bridgehead atoms. The second-order valence-electron chi connectivity index (χ2n) is 5.17. The fraction of sp³-hybridized carbons (Fsp3) is 0.375. The van der Waals surface area contributed by atoms with Gasteiger partial charge in [-0.05, 0) is 30.5 Å². The third-order valence-corrected chi connectivity index (χ3v) is 3.70. The van der Waals surface area contributed by atoms with Gasteiger partial charge in [-0.3, -0.25) is 9.59 Å². The molecule has 0 aromatic heterocycles. The smallest absolute Gasteiger partial charge is 0.252 e. The van der Waals surface area contributed by atoms with Gasteiger partial charge in [0.05, 0.1) is 6.54 Å². The van der Waals surface area contributed by atoms with E-state index < -0.39 is 5.91 Å². The van der Waals surface area contributed by atoms with E-state index in [1.807, 2.05) is 6.92 Å². The Bertz CT molecular complexity index is 569. The number of hydrogen-bond acceptors (Lipinski definition) is 3. The first-order valence-corrected chi connectivity index (χ1v) is 7.04. The van der Waals surface area contributed by atoms with Crippen LogP contribution in [0, 0.1) is 5.92 Å². The topological polar surface area (TPSA) is 58.2 Å². The van der Waals surface area contributed by atoms with E-state index >= 15 is 0 Å². The number of nitrogens with one attached hydrogen (secondary N) is 2. The summed E-state index contributed by atoms with van der Waals surface area (Å²) in [6.07, 6.45) is 1.28. The number of carbonyl (C=O) groups excluding carboxylic acids is 2. The van der Waals surface area contributed by atoms with E-state index in [0.717, 1.165) is 18.7 Å². The van der Waals surface area contributed by atoms with Crippen molar-refractivity contribution < 1.29 is 14.0 Å². The van der Waals surface area contributed by atoms with Gasteiger partial charge in [0.1, 0.15) is 5.83 Å². The Labute approximate surface area is 123 Å². The summed E-state index contributed by atoms with van der Waals surface area (Å²) in [5, 5.41) is 5.74. The molecular formula is C16H19FN2O2. The van der Waals surface area contributed by atoms with Gasteiger partial charge in [0.25, 0.3) is 5.91 Å². The highest BCUT2D eigenvalue weighted by atomic mass is 19.1. The number of amides is 1. The first kappa shape index (κ1) is 15.4. The van der Waals surface area contributed by atoms with Crippen LogP contribution in [0.1, 0.15) is 34.1 Å². The van der Waals surface area contributed by atoms with Gasteiger partial charge >= 0.3 is 0 Å². The van der Waals surface area contributed by atoms with Crippen molar-refractivity contribution in [2.24, 2.45) is 5.92 Å². The molecule has 5 heteroatoms. The van der Waals surface area contributed by atoms with Crippen LogP contribution in [0.3, 0.4) is 0 Å². The summed E-state index contributed by atoms with van der Waals surface area (Å²) < 4.78 is 14.2. The first-order chi connectivity index (χ1) is 10.1. The maximum absolute atomic E-state index is 14.2. The van der Waals surface area contributed by atoms with Gasteiger partial charge in [0.15, 0.2) is 6.29 Å². The Morgan fingerprint density at radius 1 is 1.48 bits per heavy atom. The van der Waals surface area contributed by atoms with Crippen LogP contribution >= 0.6 is 0 Å². The highest BCUT2D eigenvalue weighted by Crippen LogP contribution is 2.22. The zero-order chi connectivity index (χ0) is 15.2. The molecule has 21 heavy (non-hydrogen) atoms. The number of piperidine rings is 1. The lowest BCUT2D eigenvalue weighted by Gasteiger charge is -2.23. The van der Waals surface area contributed by atoms with Crippen molar-refractivity contribution in [1.29, 1.82) is 0 Å². The van der Waals surface area contributed by atoms with Crippen LogP contribution in [0.4, 0.5) is 4.39 Å². The molecule has 0 radical (unpaired) electrons. The van der Waals surface area contributed by atoms with E-state index in [1.165, 1.54) is 0 Å². The molecule has 2 rings (SSSR count). The summed E-state index contributed by atoms with van der Waals surface area (Å²) >= 11 is 0. The average Bonchev–Trinajstić information content (AvgIpc) is 2.52. The third-order valence-electron chi connectivity index (χ3n) is 3.70. The lowest BCUT2D eigenvalue weighted by molar-refractivity contribution is 0.0949. The molecule has 1 heterocycles. The number of aldehydes is 1. The Morgan fingerprint density at radius 2 is 2.24 bits per heavy atom. The average molecular weight is 290 g/mol. The largest absolute Gasteiger partial charge is 0.346 e. The van der Waals surface area contributed by atoms with Gasteiger partial charge in [0.2, 0.25) is 0 Å². The molecule has 1 aromatic rings. The summed E-state index contributed by atoms with van der Waals surface area (Å²) in [7, 11) is 0. The molecule has 1 amide bonds. The summed E-state index contributed by atoms with van der Waals surface area (Å²) in [6, 6.07) is 6.47. The second-order valence-corrected chi connectivity index (χ2v) is 5.17. The molecule has 2 N–H and O–H groups in total. The molecule has 1 aliphatic rings. The molecule has 0 saturated carbocycles. The van der Waals surface area contributed by atoms with E-state index in [1.54, 1.807) is 24.3 Å². The van der Waals surface area contributed by atoms with Crippen LogP contribution in [-0.4, -0.2) is 31.8 Å². The molecule has 1 unspecified atom stereocenters. The Balaban J connectivity index is 2.03. The number of halogens is 1. The molecule has 0 spiro atoms. The summed E-state index contributed by atoms with van der Waals surface area (Å²) in [6.45, 7) is 3.34. The quantitative estimate of drug-likeness (QED) is 0.835. The van der Waals surface area contributed by atoms with E-state index in [-0.39, 0.29) is 23.9 Å². The lowest BCUT2D eigenvalue weighted by atomic mass is 9.94. The Kier molecular flexibility index (Phi) is 5.22. The van der Waals surface area contributed by atoms with Crippen LogP contribution in [0.2, 0.25) is 0 Å². The maximum atomic E-state index is 14.2. The predicted molar refractivity (Wildman–Crippen MR) is 78.9 cm³/mol. The van der Waals surface area contributed by atoms with Crippen molar-refractivity contribution in [3.63, 3.8) is 0 Å². The van der Waals surface area contributed by atoms with Crippen molar-refractivity contribution >= 4 is 12.2 Å². The minimum Gasteiger partial charge on any atom is -0.346 e. The van der Waals surface area contributed by atoms with Crippen molar-refractivity contribution in [2.45, 2.75) is 13.3 Å². The predicted octanol–water partition coefficient (Wildman–Crippen LogP) is 2.08. The maximum Gasteiger partial charge on any atom is 0.252 e. The fourth-order valence-corrected chi connectivity index (χ4v) is 2.49. The Morgan fingerprint density at radius 3 is 2.95 bits per heavy atom. The van der Waals surface area contributed by atoms with Gasteiger partial charge in [-0.1, -0.05) is 25.1 Å². The van der Waals surface area contributed by atoms with Crippen LogP contribution in [0.15, 0.2) is 35.7 Å². The molecule has 4 nitrogen and oxygen atoms in total. The van der Waals surface area contributed by atoms with Crippen molar-refractivity contribution in [3.8, 4) is 0 Å². The van der Waals surface area contributed by atoms with Crippen molar-refractivity contribution in [2.75, 3.05) is 19.6 Å². The lowest BCUT2D eigenvalue weighted by Crippen LogP contribution is -2.32. The number of carbonyl (C=O) groups is 2. The second kappa shape index (κ2) is 7.13. The molecule has 0 aliphatic carbocycles. The highest BCUT2D eigenvalue weighted by Gasteiger charge is 2.19. The molecule has 112 valence electrons. The first-order valence-electron chi connectivity index (χ1n) is 7.04. The molecule has 1 fully saturated rings. The van der Waals surface area contributed by atoms with E-state index in [4.69, 9.17) is 0 Å². The summed E-state index contributed by atoms with van der Waals surface area (Å²) in [5.74, 6) is -0.575. The number of hydrogen-bond donors (Lipinski definition) is 2. The Hall–Kier alpha value is -2.01. The molecule has 1 saturated heterocycles. The fourth-order valence-electron chi connectivity index (χ4n) is 2.49. The normalized spacial score (nSPS) is 20.8. The van der Waals surface area contributed by atoms with Gasteiger partial charge in [-0.25, -0.2) is 4.39 Å². The van der Waals surface area contributed by atoms with Gasteiger partial charge in [-0.15, -0.1) is 0 Å². The van der Waals surface area contributed by atoms with Gasteiger partial charge in [0, 0.05) is 17.7 Å². The highest BCUT2D eigenvalue weighted by molar-refractivity contribution is 6.01. The van der Waals surface area contributed by atoms with E-state index in [2.05, 4.69) is 10.6 Å². The SMILES string of the molecule is CC1CNCC/C1=C(\F)CNC(=O)c1ccccc1C=O. The monoisotopic (exact) mass is 290 g/mol. The zero-order valence-corrected chi connectivity index (χ0v) is 12.0. The van der Waals surface area contributed by atoms with Crippen LogP contribution in [0.5, 0.6) is 0 Å². The minimum atomic E-state index is -0.435. The van der Waals surface area contributed by atoms with Gasteiger partial charge in [-0.2, -0.15) is 0 Å². The van der Waals surface area contributed by atoms with E-state index in [0.29, 0.717) is 18.3 Å². The molecule has 1 atom stereocenters. The zero-order valence-electron chi connectivity index (χ0n) is 12.0. The van der Waals surface area contributed by atoms with Crippen LogP contribution in [0.25, 0.3) is 0 Å².